The number of halogens is 1. The lowest BCUT2D eigenvalue weighted by atomic mass is 10.1. The third-order valence-electron chi connectivity index (χ3n) is 4.80. The SMILES string of the molecule is Cc1cc(F)ccc1NC(=O)[C@H]1CCCN1c1ncnc2ccccc12. The van der Waals surface area contributed by atoms with Gasteiger partial charge in [0.2, 0.25) is 5.91 Å². The summed E-state index contributed by atoms with van der Waals surface area (Å²) in [5, 5.41) is 3.87. The topological polar surface area (TPSA) is 58.1 Å². The largest absolute Gasteiger partial charge is 0.344 e. The first kappa shape index (κ1) is 16.4. The predicted molar refractivity (Wildman–Crippen MR) is 99.7 cm³/mol. The molecule has 1 aliphatic rings. The van der Waals surface area contributed by atoms with E-state index in [9.17, 15) is 9.18 Å². The van der Waals surface area contributed by atoms with Crippen molar-refractivity contribution in [1.29, 1.82) is 0 Å². The Labute approximate surface area is 150 Å². The Morgan fingerprint density at radius 1 is 1.23 bits per heavy atom. The van der Waals surface area contributed by atoms with Crippen LogP contribution in [0.1, 0.15) is 18.4 Å². The van der Waals surface area contributed by atoms with Crippen LogP contribution in [0.4, 0.5) is 15.9 Å². The number of fused-ring (bicyclic) bond motifs is 1. The van der Waals surface area contributed by atoms with Crippen LogP contribution in [0.25, 0.3) is 10.9 Å². The van der Waals surface area contributed by atoms with Crippen LogP contribution in [0.3, 0.4) is 0 Å². The maximum atomic E-state index is 13.3. The van der Waals surface area contributed by atoms with E-state index in [0.29, 0.717) is 11.3 Å². The van der Waals surface area contributed by atoms with Crippen LogP contribution >= 0.6 is 0 Å². The summed E-state index contributed by atoms with van der Waals surface area (Å²) in [5.41, 5.74) is 2.20. The highest BCUT2D eigenvalue weighted by atomic mass is 19.1. The van der Waals surface area contributed by atoms with Crippen LogP contribution < -0.4 is 10.2 Å². The van der Waals surface area contributed by atoms with Gasteiger partial charge in [-0.15, -0.1) is 0 Å². The van der Waals surface area contributed by atoms with Crippen LogP contribution in [0.15, 0.2) is 48.8 Å². The van der Waals surface area contributed by atoms with Gasteiger partial charge in [0.15, 0.2) is 0 Å². The van der Waals surface area contributed by atoms with Crippen molar-refractivity contribution in [3.8, 4) is 0 Å². The van der Waals surface area contributed by atoms with Gasteiger partial charge in [0.25, 0.3) is 0 Å². The number of carbonyl (C=O) groups excluding carboxylic acids is 1. The second kappa shape index (κ2) is 6.71. The minimum absolute atomic E-state index is 0.0973. The number of hydrogen-bond donors (Lipinski definition) is 1. The van der Waals surface area contributed by atoms with Gasteiger partial charge in [0, 0.05) is 17.6 Å². The van der Waals surface area contributed by atoms with Crippen molar-refractivity contribution in [3.63, 3.8) is 0 Å². The fourth-order valence-electron chi connectivity index (χ4n) is 3.50. The van der Waals surface area contributed by atoms with E-state index in [1.807, 2.05) is 29.2 Å². The molecule has 4 rings (SSSR count). The molecule has 1 atom stereocenters. The van der Waals surface area contributed by atoms with Gasteiger partial charge in [0.1, 0.15) is 24.0 Å². The quantitative estimate of drug-likeness (QED) is 0.783. The average Bonchev–Trinajstić information content (AvgIpc) is 3.13. The summed E-state index contributed by atoms with van der Waals surface area (Å²) in [5.74, 6) is 0.374. The highest BCUT2D eigenvalue weighted by Gasteiger charge is 2.32. The minimum atomic E-state index is -0.310. The molecule has 1 aromatic heterocycles. The Morgan fingerprint density at radius 3 is 2.92 bits per heavy atom. The molecule has 6 heteroatoms. The van der Waals surface area contributed by atoms with E-state index < -0.39 is 0 Å². The molecule has 1 aliphatic heterocycles. The Hall–Kier alpha value is -3.02. The summed E-state index contributed by atoms with van der Waals surface area (Å²) in [6.07, 6.45) is 3.21. The normalized spacial score (nSPS) is 16.8. The fraction of sp³-hybridized carbons (Fsp3) is 0.250. The highest BCUT2D eigenvalue weighted by Crippen LogP contribution is 2.30. The van der Waals surface area contributed by atoms with E-state index in [1.165, 1.54) is 18.5 Å². The van der Waals surface area contributed by atoms with Crippen molar-refractivity contribution >= 4 is 28.3 Å². The number of carbonyl (C=O) groups is 1. The summed E-state index contributed by atoms with van der Waals surface area (Å²) >= 11 is 0. The Kier molecular flexibility index (Phi) is 4.24. The fourth-order valence-corrected chi connectivity index (χ4v) is 3.50. The Balaban J connectivity index is 1.62. The lowest BCUT2D eigenvalue weighted by Gasteiger charge is -2.26. The van der Waals surface area contributed by atoms with Crippen molar-refractivity contribution in [2.24, 2.45) is 0 Å². The number of para-hydroxylation sites is 1. The molecule has 26 heavy (non-hydrogen) atoms. The molecule has 1 fully saturated rings. The molecule has 0 unspecified atom stereocenters. The molecule has 2 aromatic carbocycles. The number of amides is 1. The van der Waals surface area contributed by atoms with Gasteiger partial charge in [0.05, 0.1) is 5.52 Å². The second-order valence-electron chi connectivity index (χ2n) is 6.51. The zero-order chi connectivity index (χ0) is 18.1. The molecule has 0 aliphatic carbocycles. The lowest BCUT2D eigenvalue weighted by molar-refractivity contribution is -0.117. The van der Waals surface area contributed by atoms with Crippen LogP contribution in [0.5, 0.6) is 0 Å². The molecule has 3 aromatic rings. The number of hydrogen-bond acceptors (Lipinski definition) is 4. The van der Waals surface area contributed by atoms with Gasteiger partial charge in [-0.2, -0.15) is 0 Å². The molecule has 1 amide bonds. The summed E-state index contributed by atoms with van der Waals surface area (Å²) in [6, 6.07) is 11.9. The van der Waals surface area contributed by atoms with Gasteiger partial charge >= 0.3 is 0 Å². The predicted octanol–water partition coefficient (Wildman–Crippen LogP) is 3.68. The molecule has 0 saturated carbocycles. The molecule has 5 nitrogen and oxygen atoms in total. The standard InChI is InChI=1S/C20H19FN4O/c1-13-11-14(21)8-9-16(13)24-20(26)18-7-4-10-25(18)19-15-5-2-3-6-17(15)22-12-23-19/h2-3,5-6,8-9,11-12,18H,4,7,10H2,1H3,(H,24,26)/t18-/m1/s1. The molecular weight excluding hydrogens is 331 g/mol. The number of aromatic nitrogens is 2. The molecule has 0 bridgehead atoms. The molecule has 0 radical (unpaired) electrons. The van der Waals surface area contributed by atoms with Crippen LogP contribution in [0.2, 0.25) is 0 Å². The van der Waals surface area contributed by atoms with Gasteiger partial charge < -0.3 is 10.2 Å². The molecule has 2 heterocycles. The van der Waals surface area contributed by atoms with Crippen LogP contribution in [-0.2, 0) is 4.79 Å². The summed E-state index contributed by atoms with van der Waals surface area (Å²) in [7, 11) is 0. The first-order valence-electron chi connectivity index (χ1n) is 8.67. The maximum Gasteiger partial charge on any atom is 0.247 e. The smallest absolute Gasteiger partial charge is 0.247 e. The van der Waals surface area contributed by atoms with Crippen molar-refractivity contribution in [1.82, 2.24) is 9.97 Å². The highest BCUT2D eigenvalue weighted by molar-refractivity contribution is 5.99. The first-order valence-corrected chi connectivity index (χ1v) is 8.67. The summed E-state index contributed by atoms with van der Waals surface area (Å²) in [6.45, 7) is 2.55. The number of rotatable bonds is 3. The number of anilines is 2. The Bertz CT molecular complexity index is 970. The van der Waals surface area contributed by atoms with E-state index in [2.05, 4.69) is 15.3 Å². The number of aryl methyl sites for hydroxylation is 1. The van der Waals surface area contributed by atoms with Crippen LogP contribution in [-0.4, -0.2) is 28.5 Å². The number of nitrogens with zero attached hydrogens (tertiary/aromatic N) is 3. The van der Waals surface area contributed by atoms with Gasteiger partial charge in [-0.3, -0.25) is 4.79 Å². The average molecular weight is 350 g/mol. The van der Waals surface area contributed by atoms with E-state index >= 15 is 0 Å². The molecule has 1 saturated heterocycles. The van der Waals surface area contributed by atoms with Crippen molar-refractivity contribution in [2.75, 3.05) is 16.8 Å². The monoisotopic (exact) mass is 350 g/mol. The molecule has 0 spiro atoms. The van der Waals surface area contributed by atoms with E-state index in [-0.39, 0.29) is 17.8 Å². The van der Waals surface area contributed by atoms with Crippen molar-refractivity contribution in [2.45, 2.75) is 25.8 Å². The summed E-state index contributed by atoms with van der Waals surface area (Å²) in [4.78, 5) is 23.7. The van der Waals surface area contributed by atoms with E-state index in [1.54, 1.807) is 13.0 Å². The third kappa shape index (κ3) is 2.98. The maximum absolute atomic E-state index is 13.3. The zero-order valence-electron chi connectivity index (χ0n) is 14.4. The summed E-state index contributed by atoms with van der Waals surface area (Å²) < 4.78 is 13.3. The minimum Gasteiger partial charge on any atom is -0.344 e. The molecule has 132 valence electrons. The van der Waals surface area contributed by atoms with Gasteiger partial charge in [-0.25, -0.2) is 14.4 Å². The van der Waals surface area contributed by atoms with Crippen molar-refractivity contribution in [3.05, 3.63) is 60.2 Å². The van der Waals surface area contributed by atoms with Crippen molar-refractivity contribution < 1.29 is 9.18 Å². The molecular formula is C20H19FN4O. The first-order chi connectivity index (χ1) is 12.6. The number of nitrogens with one attached hydrogen (secondary N) is 1. The molecule has 1 N–H and O–H groups in total. The number of benzene rings is 2. The van der Waals surface area contributed by atoms with E-state index in [0.717, 1.165) is 36.1 Å². The Morgan fingerprint density at radius 2 is 2.08 bits per heavy atom. The van der Waals surface area contributed by atoms with Gasteiger partial charge in [-0.05, 0) is 55.7 Å². The van der Waals surface area contributed by atoms with Crippen LogP contribution in [0, 0.1) is 12.7 Å². The van der Waals surface area contributed by atoms with Gasteiger partial charge in [-0.1, -0.05) is 12.1 Å². The zero-order valence-corrected chi connectivity index (χ0v) is 14.4. The third-order valence-corrected chi connectivity index (χ3v) is 4.80. The lowest BCUT2D eigenvalue weighted by Crippen LogP contribution is -2.40. The second-order valence-corrected chi connectivity index (χ2v) is 6.51. The van der Waals surface area contributed by atoms with E-state index in [4.69, 9.17) is 0 Å².